The molecule has 0 aromatic rings. The number of rotatable bonds is 3. The molecule has 0 spiro atoms. The van der Waals surface area contributed by atoms with Gasteiger partial charge in [0.2, 0.25) is 0 Å². The van der Waals surface area contributed by atoms with Crippen LogP contribution in [0.2, 0.25) is 34.8 Å². The van der Waals surface area contributed by atoms with Crippen LogP contribution in [0.3, 0.4) is 0 Å². The van der Waals surface area contributed by atoms with Gasteiger partial charge in [-0.3, -0.25) is 4.79 Å². The van der Waals surface area contributed by atoms with E-state index in [0.717, 1.165) is 26.4 Å². The molecule has 0 saturated heterocycles. The summed E-state index contributed by atoms with van der Waals surface area (Å²) in [7, 11) is -1.89. The minimum Gasteiger partial charge on any atom is -0.448 e. The van der Waals surface area contributed by atoms with Gasteiger partial charge in [0.15, 0.2) is 0 Å². The molecule has 0 atom stereocenters. The molecular weight excluding hydrogens is 403 g/mol. The van der Waals surface area contributed by atoms with Crippen LogP contribution in [-0.4, -0.2) is 29.1 Å². The third kappa shape index (κ3) is 4.43. The summed E-state index contributed by atoms with van der Waals surface area (Å²) >= 11 is 0. The van der Waals surface area contributed by atoms with Crippen molar-refractivity contribution in [1.82, 2.24) is 0 Å². The van der Waals surface area contributed by atoms with Gasteiger partial charge in [-0.25, -0.2) is 0 Å². The van der Waals surface area contributed by atoms with E-state index in [4.69, 9.17) is 0 Å². The first-order valence-corrected chi connectivity index (χ1v) is 20.0. The fourth-order valence-electron chi connectivity index (χ4n) is 7.58. The Morgan fingerprint density at radius 2 is 1.00 bits per heavy atom. The first-order chi connectivity index (χ1) is 12.8. The Labute approximate surface area is 206 Å². The summed E-state index contributed by atoms with van der Waals surface area (Å²) in [6.45, 7) is 31.6. The van der Waals surface area contributed by atoms with Gasteiger partial charge in [0, 0.05) is 8.07 Å². The van der Waals surface area contributed by atoms with Crippen LogP contribution in [0.25, 0.3) is 0 Å². The van der Waals surface area contributed by atoms with E-state index < -0.39 is 15.7 Å². The van der Waals surface area contributed by atoms with Gasteiger partial charge < -0.3 is 8.65 Å². The van der Waals surface area contributed by atoms with Crippen LogP contribution in [0.15, 0.2) is 0 Å². The molecule has 0 unspecified atom stereocenters. The molecule has 4 heteroatoms. The molecule has 0 radical (unpaired) electrons. The van der Waals surface area contributed by atoms with Crippen LogP contribution in [0.4, 0.5) is 0 Å². The van der Waals surface area contributed by atoms with Crippen molar-refractivity contribution in [3.8, 4) is 0 Å². The Hall–Kier alpha value is 1.12. The quantitative estimate of drug-likeness (QED) is 0.507. The Bertz CT molecular complexity index is 621. The average Bonchev–Trinajstić information content (AvgIpc) is 2.47. The smallest absolute Gasteiger partial charge is 0.448 e. The van der Waals surface area contributed by atoms with Gasteiger partial charge in [0.25, 0.3) is 0 Å². The average molecular weight is 455 g/mol. The molecule has 4 aliphatic rings. The Morgan fingerprint density at radius 3 is 1.27 bits per heavy atom. The van der Waals surface area contributed by atoms with Gasteiger partial charge in [0.1, 0.15) is 0 Å². The first-order valence-electron chi connectivity index (χ1n) is 12.5. The van der Waals surface area contributed by atoms with E-state index in [-0.39, 0.29) is 18.9 Å². The molecule has 0 amide bonds. The van der Waals surface area contributed by atoms with Crippen LogP contribution >= 0.6 is 0 Å². The molecule has 30 heavy (non-hydrogen) atoms. The van der Waals surface area contributed by atoms with E-state index in [9.17, 15) is 0 Å². The summed E-state index contributed by atoms with van der Waals surface area (Å²) in [5.74, 6) is 3.16. The van der Waals surface area contributed by atoms with Crippen molar-refractivity contribution in [2.75, 3.05) is 0 Å². The third-order valence-corrected chi connectivity index (χ3v) is 30.6. The van der Waals surface area contributed by atoms with Crippen molar-refractivity contribution in [1.29, 1.82) is 0 Å². The Kier molecular flexibility index (Phi) is 7.40. The van der Waals surface area contributed by atoms with Crippen molar-refractivity contribution >= 4 is 29.1 Å². The zero-order chi connectivity index (χ0) is 22.3. The van der Waals surface area contributed by atoms with Crippen molar-refractivity contribution in [3.63, 3.8) is 0 Å². The molecule has 0 aliphatic heterocycles. The standard InChI is InChI=1S/C26H51Si3.Li/c1-23(2,3)28(10,11)27-22(29(12,24(4,5)6)25(7,8)9)26-16-19-13-20(17-26)15-21(14-19)18-26;/h19-21H,13-18H2,1-12H3;/q-1;+1. The predicted molar refractivity (Wildman–Crippen MR) is 140 cm³/mol. The SMILES string of the molecule is CC(C)(C)[Si](C)(C)[Si-]=C(C12CC3CC(CC(C3)C1)C2)[Si](C)(C(C)(C)C)C(C)(C)C.[Li+]. The minimum atomic E-state index is -1.69. The molecular formula is C26H51LiSi3. The largest absolute Gasteiger partial charge is 1.00 e. The number of hydrogen-bond acceptors (Lipinski definition) is 0. The zero-order valence-electron chi connectivity index (χ0n) is 23.0. The summed E-state index contributed by atoms with van der Waals surface area (Å²) in [6, 6.07) is 0. The van der Waals surface area contributed by atoms with Gasteiger partial charge in [-0.2, -0.15) is 0 Å². The van der Waals surface area contributed by atoms with E-state index in [0.29, 0.717) is 20.5 Å². The van der Waals surface area contributed by atoms with Crippen molar-refractivity contribution in [3.05, 3.63) is 0 Å². The second-order valence-corrected chi connectivity index (χ2v) is 31.4. The van der Waals surface area contributed by atoms with Gasteiger partial charge in [-0.1, -0.05) is 87.0 Å². The van der Waals surface area contributed by atoms with Crippen molar-refractivity contribution in [2.45, 2.75) is 136 Å². The van der Waals surface area contributed by atoms with Gasteiger partial charge in [-0.05, 0) is 71.8 Å². The molecule has 0 nitrogen and oxygen atoms in total. The Balaban J connectivity index is 0.00000320. The summed E-state index contributed by atoms with van der Waals surface area (Å²) in [6.07, 6.45) is 9.39. The molecule has 0 aromatic heterocycles. The van der Waals surface area contributed by atoms with Crippen LogP contribution in [-0.2, 0) is 0 Å². The summed E-state index contributed by atoms with van der Waals surface area (Å²) in [4.78, 5) is 2.20. The summed E-state index contributed by atoms with van der Waals surface area (Å²) in [5, 5.41) is 1.35. The van der Waals surface area contributed by atoms with Crippen LogP contribution in [0.1, 0.15) is 101 Å². The van der Waals surface area contributed by atoms with Crippen molar-refractivity contribution in [2.24, 2.45) is 23.2 Å². The predicted octanol–water partition coefficient (Wildman–Crippen LogP) is 5.31. The van der Waals surface area contributed by atoms with Crippen molar-refractivity contribution < 1.29 is 18.9 Å². The fraction of sp³-hybridized carbons (Fsp3) is 0.962. The molecule has 4 fully saturated rings. The molecule has 0 N–H and O–H groups in total. The van der Waals surface area contributed by atoms with Gasteiger partial charge >= 0.3 is 18.9 Å². The normalized spacial score (nSPS) is 32.9. The fourth-order valence-corrected chi connectivity index (χ4v) is 26.4. The van der Waals surface area contributed by atoms with Crippen LogP contribution in [0, 0.1) is 23.2 Å². The Morgan fingerprint density at radius 1 is 0.667 bits per heavy atom. The van der Waals surface area contributed by atoms with Gasteiger partial charge in [-0.15, -0.1) is 7.59 Å². The summed E-state index contributed by atoms with van der Waals surface area (Å²) in [5.41, 5.74) is 0.615. The number of hydrogen-bond donors (Lipinski definition) is 0. The van der Waals surface area contributed by atoms with E-state index in [2.05, 4.69) is 86.7 Å². The molecule has 4 saturated carbocycles. The first kappa shape index (κ1) is 27.4. The molecule has 0 aromatic carbocycles. The maximum absolute atomic E-state index is 2.83. The third-order valence-electron chi connectivity index (χ3n) is 10.4. The molecule has 0 heterocycles. The van der Waals surface area contributed by atoms with E-state index in [1.165, 1.54) is 0 Å². The minimum absolute atomic E-state index is 0. The maximum atomic E-state index is 2.83. The zero-order valence-corrected chi connectivity index (χ0v) is 26.0. The monoisotopic (exact) mass is 454 g/mol. The van der Waals surface area contributed by atoms with Crippen LogP contribution < -0.4 is 18.9 Å². The second kappa shape index (κ2) is 8.11. The molecule has 168 valence electrons. The molecule has 4 aliphatic carbocycles. The maximum Gasteiger partial charge on any atom is 1.00 e. The molecule has 4 rings (SSSR count). The van der Waals surface area contributed by atoms with Crippen LogP contribution in [0.5, 0.6) is 0 Å². The van der Waals surface area contributed by atoms with E-state index >= 15 is 0 Å². The topological polar surface area (TPSA) is 0 Å². The summed E-state index contributed by atoms with van der Waals surface area (Å²) < 4.78 is 0. The second-order valence-electron chi connectivity index (χ2n) is 15.2. The van der Waals surface area contributed by atoms with Gasteiger partial charge in [0.05, 0.1) is 0 Å². The molecule has 4 bridgehead atoms. The van der Waals surface area contributed by atoms with E-state index in [1.54, 1.807) is 38.5 Å². The van der Waals surface area contributed by atoms with E-state index in [1.807, 2.05) is 0 Å².